The molecular formula is C12H15NO7S. The molecule has 1 saturated heterocycles. The molecule has 0 bridgehead atoms. The van der Waals surface area contributed by atoms with Gasteiger partial charge in [0, 0.05) is 19.6 Å². The van der Waals surface area contributed by atoms with Crippen molar-refractivity contribution in [2.45, 2.75) is 18.4 Å². The highest BCUT2D eigenvalue weighted by molar-refractivity contribution is 7.92. The first kappa shape index (κ1) is 15.8. The van der Waals surface area contributed by atoms with Gasteiger partial charge in [-0.15, -0.1) is 0 Å². The number of hydrogen-bond acceptors (Lipinski definition) is 7. The van der Waals surface area contributed by atoms with Crippen LogP contribution in [0.2, 0.25) is 0 Å². The van der Waals surface area contributed by atoms with Gasteiger partial charge < -0.3 is 18.8 Å². The van der Waals surface area contributed by atoms with E-state index in [4.69, 9.17) is 9.47 Å². The average molecular weight is 317 g/mol. The number of amides is 1. The maximum Gasteiger partial charge on any atom is 0.355 e. The Hall–Kier alpha value is -1.58. The minimum Gasteiger partial charge on any atom is -0.614 e. The zero-order chi connectivity index (χ0) is 15.7. The number of nitrogens with zero attached hydrogens (tertiary/aromatic N) is 1. The Labute approximate surface area is 124 Å². The molecule has 0 spiro atoms. The molecule has 9 heteroatoms. The number of carbonyl (C=O) groups is 3. The number of carbonyl (C=O) groups excluding carboxylic acids is 3. The van der Waals surface area contributed by atoms with Gasteiger partial charge in [-0.3, -0.25) is 14.5 Å². The van der Waals surface area contributed by atoms with Crippen molar-refractivity contribution in [3.8, 4) is 0 Å². The van der Waals surface area contributed by atoms with E-state index in [9.17, 15) is 18.9 Å². The van der Waals surface area contributed by atoms with E-state index in [1.54, 1.807) is 0 Å². The van der Waals surface area contributed by atoms with Crippen LogP contribution in [0.4, 0.5) is 0 Å². The summed E-state index contributed by atoms with van der Waals surface area (Å²) in [5, 5.41) is -0.710. The predicted molar refractivity (Wildman–Crippen MR) is 70.1 cm³/mol. The van der Waals surface area contributed by atoms with Crippen LogP contribution in [-0.4, -0.2) is 65.4 Å². The molecule has 0 saturated carbocycles. The van der Waals surface area contributed by atoms with Crippen molar-refractivity contribution in [1.29, 1.82) is 0 Å². The number of esters is 2. The Morgan fingerprint density at radius 1 is 1.43 bits per heavy atom. The van der Waals surface area contributed by atoms with Gasteiger partial charge in [0.25, 0.3) is 5.91 Å². The van der Waals surface area contributed by atoms with Crippen LogP contribution in [-0.2, 0) is 39.8 Å². The molecule has 21 heavy (non-hydrogen) atoms. The van der Waals surface area contributed by atoms with Crippen molar-refractivity contribution in [2.75, 3.05) is 26.6 Å². The Morgan fingerprint density at radius 2 is 2.10 bits per heavy atom. The fourth-order valence-corrected chi connectivity index (χ4v) is 3.96. The van der Waals surface area contributed by atoms with Crippen LogP contribution in [0.3, 0.4) is 0 Å². The normalized spacial score (nSPS) is 27.9. The molecule has 2 aliphatic rings. The predicted octanol–water partition coefficient (Wildman–Crippen LogP) is -1.08. The number of methoxy groups -OCH3 is 2. The second kappa shape index (κ2) is 6.04. The number of β-lactam (4-membered cyclic amide) rings is 1. The Morgan fingerprint density at radius 3 is 2.62 bits per heavy atom. The van der Waals surface area contributed by atoms with Crippen LogP contribution < -0.4 is 0 Å². The summed E-state index contributed by atoms with van der Waals surface area (Å²) in [5.74, 6) is -1.71. The summed E-state index contributed by atoms with van der Waals surface area (Å²) in [4.78, 5) is 35.9. The lowest BCUT2D eigenvalue weighted by atomic mass is 10.1. The van der Waals surface area contributed by atoms with E-state index in [1.165, 1.54) is 21.1 Å². The maximum atomic E-state index is 12.2. The van der Waals surface area contributed by atoms with Crippen molar-refractivity contribution >= 4 is 29.0 Å². The maximum absolute atomic E-state index is 12.2. The van der Waals surface area contributed by atoms with E-state index in [0.29, 0.717) is 5.57 Å². The Kier molecular flexibility index (Phi) is 4.55. The zero-order valence-corrected chi connectivity index (χ0v) is 12.6. The minimum atomic E-state index is -1.44. The lowest BCUT2D eigenvalue weighted by molar-refractivity contribution is -0.163. The summed E-state index contributed by atoms with van der Waals surface area (Å²) in [6.45, 7) is 1.01. The smallest absolute Gasteiger partial charge is 0.355 e. The molecule has 116 valence electrons. The fraction of sp³-hybridized carbons (Fsp3) is 0.583. The third-order valence-corrected chi connectivity index (χ3v) is 4.87. The van der Waals surface area contributed by atoms with E-state index >= 15 is 0 Å². The number of ether oxygens (including phenoxy) is 3. The van der Waals surface area contributed by atoms with Gasteiger partial charge >= 0.3 is 11.9 Å². The van der Waals surface area contributed by atoms with E-state index in [0.717, 1.165) is 4.90 Å². The van der Waals surface area contributed by atoms with Crippen LogP contribution in [0.15, 0.2) is 11.3 Å². The molecule has 0 aromatic rings. The van der Waals surface area contributed by atoms with Gasteiger partial charge in [0.2, 0.25) is 11.5 Å². The number of rotatable bonds is 4. The van der Waals surface area contributed by atoms with E-state index < -0.39 is 40.5 Å². The highest BCUT2D eigenvalue weighted by atomic mass is 32.2. The van der Waals surface area contributed by atoms with Crippen molar-refractivity contribution in [3.63, 3.8) is 0 Å². The molecule has 2 aliphatic heterocycles. The molecule has 0 aromatic carbocycles. The largest absolute Gasteiger partial charge is 0.614 e. The van der Waals surface area contributed by atoms with Gasteiger partial charge in [0.1, 0.15) is 18.1 Å². The molecule has 8 nitrogen and oxygen atoms in total. The molecule has 0 aliphatic carbocycles. The molecule has 0 radical (unpaired) electrons. The second-order valence-electron chi connectivity index (χ2n) is 4.50. The lowest BCUT2D eigenvalue weighted by Gasteiger charge is -2.48. The molecule has 1 fully saturated rings. The summed E-state index contributed by atoms with van der Waals surface area (Å²) in [6.07, 6.45) is -0.833. The number of hydrogen-bond donors (Lipinski definition) is 0. The number of fused-ring (bicyclic) bond motifs is 1. The minimum absolute atomic E-state index is 0.0124. The van der Waals surface area contributed by atoms with Gasteiger partial charge in [-0.25, -0.2) is 4.79 Å². The van der Waals surface area contributed by atoms with Crippen LogP contribution in [0.25, 0.3) is 0 Å². The average Bonchev–Trinajstić information content (AvgIpc) is 2.44. The van der Waals surface area contributed by atoms with Crippen LogP contribution in [0.5, 0.6) is 0 Å². The summed E-state index contributed by atoms with van der Waals surface area (Å²) < 4.78 is 26.7. The SMILES string of the molecule is COC(=O)C1=C(COC(C)=O)C[S+]([O-])C2[C@H](OC)C(=O)N12. The monoisotopic (exact) mass is 317 g/mol. The molecule has 2 heterocycles. The molecular weight excluding hydrogens is 302 g/mol. The van der Waals surface area contributed by atoms with Crippen LogP contribution in [0.1, 0.15) is 6.92 Å². The standard InChI is InChI=1S/C12H15NO7S/c1-6(14)20-4-7-5-21(17)11-9(18-2)10(15)13(11)8(7)12(16)19-3/h9,11H,4-5H2,1-3H3/t9-,11?,21?/m1/s1. The van der Waals surface area contributed by atoms with Crippen LogP contribution >= 0.6 is 0 Å². The van der Waals surface area contributed by atoms with Crippen LogP contribution in [0, 0.1) is 0 Å². The summed E-state index contributed by atoms with van der Waals surface area (Å²) in [7, 11) is 2.52. The Balaban J connectivity index is 2.35. The topological polar surface area (TPSA) is 105 Å². The molecule has 2 rings (SSSR count). The van der Waals surface area contributed by atoms with Crippen molar-refractivity contribution in [2.24, 2.45) is 0 Å². The van der Waals surface area contributed by atoms with Gasteiger partial charge in [-0.05, 0) is 11.2 Å². The highest BCUT2D eigenvalue weighted by Gasteiger charge is 2.61. The zero-order valence-electron chi connectivity index (χ0n) is 11.8. The molecule has 0 aromatic heterocycles. The molecule has 3 atom stereocenters. The highest BCUT2D eigenvalue weighted by Crippen LogP contribution is 2.38. The van der Waals surface area contributed by atoms with Crippen molar-refractivity contribution in [1.82, 2.24) is 4.90 Å². The fourth-order valence-electron chi connectivity index (χ4n) is 2.28. The first-order valence-electron chi connectivity index (χ1n) is 6.09. The first-order chi connectivity index (χ1) is 9.92. The lowest BCUT2D eigenvalue weighted by Crippen LogP contribution is -2.70. The third kappa shape index (κ3) is 2.63. The van der Waals surface area contributed by atoms with Crippen molar-refractivity contribution in [3.05, 3.63) is 11.3 Å². The van der Waals surface area contributed by atoms with Gasteiger partial charge in [-0.2, -0.15) is 0 Å². The quantitative estimate of drug-likeness (QED) is 0.369. The Bertz CT molecular complexity index is 518. The second-order valence-corrected chi connectivity index (χ2v) is 6.04. The van der Waals surface area contributed by atoms with E-state index in [2.05, 4.69) is 4.74 Å². The molecule has 1 amide bonds. The summed E-state index contributed by atoms with van der Waals surface area (Å²) in [6, 6.07) is 0. The third-order valence-electron chi connectivity index (χ3n) is 3.24. The molecule has 0 N–H and O–H groups in total. The van der Waals surface area contributed by atoms with Gasteiger partial charge in [0.05, 0.1) is 7.11 Å². The first-order valence-corrected chi connectivity index (χ1v) is 7.47. The summed E-state index contributed by atoms with van der Waals surface area (Å²) in [5.41, 5.74) is 0.288. The summed E-state index contributed by atoms with van der Waals surface area (Å²) >= 11 is -1.44. The van der Waals surface area contributed by atoms with Gasteiger partial charge in [-0.1, -0.05) is 0 Å². The van der Waals surface area contributed by atoms with Crippen molar-refractivity contribution < 1.29 is 33.1 Å². The van der Waals surface area contributed by atoms with E-state index in [1.807, 2.05) is 0 Å². The molecule has 2 unspecified atom stereocenters. The van der Waals surface area contributed by atoms with Gasteiger partial charge in [0.15, 0.2) is 0 Å². The van der Waals surface area contributed by atoms with E-state index in [-0.39, 0.29) is 18.1 Å².